The fourth-order valence-electron chi connectivity index (χ4n) is 10.7. The number of halogens is 1. The molecule has 66 heavy (non-hydrogen) atoms. The van der Waals surface area contributed by atoms with Gasteiger partial charge in [0.1, 0.15) is 29.0 Å². The molecule has 0 radical (unpaired) electrons. The number of aliphatic hydroxyl groups is 2. The second-order valence-electron chi connectivity index (χ2n) is 19.5. The number of amides is 2. The van der Waals surface area contributed by atoms with Crippen LogP contribution in [0, 0.1) is 29.5 Å². The number of nitrogens with one attached hydrogen (secondary N) is 1. The number of rotatable bonds is 21. The van der Waals surface area contributed by atoms with Gasteiger partial charge in [0.05, 0.1) is 18.2 Å². The zero-order valence-corrected chi connectivity index (χ0v) is 39.1. The molecular formula is C54H70FN3O8. The molecule has 356 valence electrons. The highest BCUT2D eigenvalue weighted by Gasteiger charge is 2.65. The van der Waals surface area contributed by atoms with Crippen molar-refractivity contribution in [3.8, 4) is 11.5 Å². The largest absolute Gasteiger partial charge is 0.459 e. The molecule has 1 heterocycles. The van der Waals surface area contributed by atoms with Crippen molar-refractivity contribution in [3.05, 3.63) is 120 Å². The van der Waals surface area contributed by atoms with Gasteiger partial charge in [-0.2, -0.15) is 0 Å². The smallest absolute Gasteiger partial charge is 0.412 e. The van der Waals surface area contributed by atoms with Gasteiger partial charge in [0, 0.05) is 50.6 Å². The topological polar surface area (TPSA) is 139 Å². The predicted molar refractivity (Wildman–Crippen MR) is 253 cm³/mol. The number of carbonyl (C=O) groups is 2. The average molecular weight is 908 g/mol. The van der Waals surface area contributed by atoms with Crippen LogP contribution in [0.1, 0.15) is 127 Å². The quantitative estimate of drug-likeness (QED) is 0.0546. The van der Waals surface area contributed by atoms with E-state index >= 15 is 4.79 Å². The minimum absolute atomic E-state index is 0.0207. The van der Waals surface area contributed by atoms with Crippen LogP contribution in [0.25, 0.3) is 0 Å². The molecule has 0 aromatic heterocycles. The molecule has 1 aliphatic heterocycles. The summed E-state index contributed by atoms with van der Waals surface area (Å²) >= 11 is 0. The first-order valence-corrected chi connectivity index (χ1v) is 24.2. The number of ether oxygens (including phenoxy) is 3. The summed E-state index contributed by atoms with van der Waals surface area (Å²) in [5, 5.41) is 27.8. The molecule has 7 rings (SSSR count). The van der Waals surface area contributed by atoms with Gasteiger partial charge in [-0.25, -0.2) is 9.18 Å². The molecule has 0 saturated heterocycles. The summed E-state index contributed by atoms with van der Waals surface area (Å²) in [5.41, 5.74) is 3.52. The molecule has 3 N–H and O–H groups in total. The molecule has 2 saturated carbocycles. The van der Waals surface area contributed by atoms with Gasteiger partial charge in [-0.1, -0.05) is 98.3 Å². The maximum absolute atomic E-state index is 15.1. The number of carbonyl (C=O) groups excluding carboxylic acids is 2. The van der Waals surface area contributed by atoms with Crippen molar-refractivity contribution >= 4 is 17.7 Å². The van der Waals surface area contributed by atoms with Gasteiger partial charge in [-0.05, 0) is 118 Å². The van der Waals surface area contributed by atoms with Gasteiger partial charge in [0.15, 0.2) is 0 Å². The predicted octanol–water partition coefficient (Wildman–Crippen LogP) is 10.5. The molecule has 6 atom stereocenters. The van der Waals surface area contributed by atoms with Crippen molar-refractivity contribution in [1.29, 1.82) is 0 Å². The maximum Gasteiger partial charge on any atom is 0.412 e. The molecular weight excluding hydrogens is 838 g/mol. The number of aliphatic hydroxyl groups excluding tert-OH is 2. The number of oxime groups is 1. The number of hydrogen-bond donors (Lipinski definition) is 3. The average Bonchev–Trinajstić information content (AvgIpc) is 3.84. The first kappa shape index (κ1) is 48.9. The van der Waals surface area contributed by atoms with Crippen LogP contribution in [-0.4, -0.2) is 70.1 Å². The fourth-order valence-corrected chi connectivity index (χ4v) is 10.7. The molecule has 0 bridgehead atoms. The Bertz CT molecular complexity index is 2150. The molecule has 2 amide bonds. The monoisotopic (exact) mass is 908 g/mol. The van der Waals surface area contributed by atoms with E-state index in [1.54, 1.807) is 24.3 Å². The third kappa shape index (κ3) is 11.9. The highest BCUT2D eigenvalue weighted by Crippen LogP contribution is 2.62. The number of nitrogens with zero attached hydrogens (tertiary/aromatic N) is 2. The van der Waals surface area contributed by atoms with Gasteiger partial charge in [0.25, 0.3) is 0 Å². The van der Waals surface area contributed by atoms with E-state index < -0.39 is 29.4 Å². The van der Waals surface area contributed by atoms with Crippen molar-refractivity contribution in [3.63, 3.8) is 0 Å². The van der Waals surface area contributed by atoms with Gasteiger partial charge in [0.2, 0.25) is 11.7 Å². The molecule has 3 aliphatic carbocycles. The van der Waals surface area contributed by atoms with Crippen LogP contribution in [0.2, 0.25) is 0 Å². The summed E-state index contributed by atoms with van der Waals surface area (Å²) in [6.07, 6.45) is 13.7. The van der Waals surface area contributed by atoms with Gasteiger partial charge < -0.3 is 39.5 Å². The molecule has 0 spiro atoms. The first-order chi connectivity index (χ1) is 31.9. The Morgan fingerprint density at radius 3 is 2.38 bits per heavy atom. The minimum Gasteiger partial charge on any atom is -0.459 e. The molecule has 3 aromatic carbocycles. The lowest BCUT2D eigenvalue weighted by Gasteiger charge is -2.60. The lowest BCUT2D eigenvalue weighted by Crippen LogP contribution is -2.70. The summed E-state index contributed by atoms with van der Waals surface area (Å²) in [6, 6.07) is 20.7. The molecule has 3 aromatic rings. The van der Waals surface area contributed by atoms with E-state index in [4.69, 9.17) is 24.2 Å². The number of fused-ring (bicyclic) bond motifs is 2. The first-order valence-electron chi connectivity index (χ1n) is 24.2. The second kappa shape index (κ2) is 22.6. The molecule has 2 fully saturated rings. The summed E-state index contributed by atoms with van der Waals surface area (Å²) in [6.45, 7) is 10.7. The zero-order valence-electron chi connectivity index (χ0n) is 39.1. The molecule has 4 aliphatic rings. The van der Waals surface area contributed by atoms with E-state index in [0.29, 0.717) is 48.9 Å². The van der Waals surface area contributed by atoms with Crippen LogP contribution in [0.5, 0.6) is 11.5 Å². The number of hydrogen-bond acceptors (Lipinski definition) is 9. The lowest BCUT2D eigenvalue weighted by molar-refractivity contribution is -0.258. The second-order valence-corrected chi connectivity index (χ2v) is 19.5. The van der Waals surface area contributed by atoms with Gasteiger partial charge >= 0.3 is 6.09 Å². The maximum atomic E-state index is 15.1. The summed E-state index contributed by atoms with van der Waals surface area (Å²) < 4.78 is 35.0. The van der Waals surface area contributed by atoms with Crippen LogP contribution in [0.15, 0.2) is 102 Å². The summed E-state index contributed by atoms with van der Waals surface area (Å²) in [4.78, 5) is 36.7. The molecule has 6 unspecified atom stereocenters. The number of allylic oxidation sites excluding steroid dienone is 1. The third-order valence-electron chi connectivity index (χ3n) is 13.8. The van der Waals surface area contributed by atoms with Gasteiger partial charge in [-0.3, -0.25) is 4.79 Å². The van der Waals surface area contributed by atoms with Crippen molar-refractivity contribution in [2.75, 3.05) is 19.8 Å². The highest BCUT2D eigenvalue weighted by atomic mass is 19.1. The summed E-state index contributed by atoms with van der Waals surface area (Å²) in [7, 11) is 0. The Balaban J connectivity index is 1.40. The third-order valence-corrected chi connectivity index (χ3v) is 13.8. The highest BCUT2D eigenvalue weighted by molar-refractivity contribution is 6.03. The number of unbranched alkanes of at least 4 members (excludes halogenated alkanes) is 2. The van der Waals surface area contributed by atoms with Gasteiger partial charge in [-0.15, -0.1) is 6.58 Å². The summed E-state index contributed by atoms with van der Waals surface area (Å²) in [5.74, 6) is -1.35. The fraction of sp³-hybridized carbons (Fsp3) is 0.537. The van der Waals surface area contributed by atoms with E-state index in [0.717, 1.165) is 67.2 Å². The zero-order chi connectivity index (χ0) is 46.7. The minimum atomic E-state index is -1.47. The van der Waals surface area contributed by atoms with Crippen LogP contribution in [-0.2, 0) is 27.5 Å². The van der Waals surface area contributed by atoms with E-state index in [9.17, 15) is 19.4 Å². The van der Waals surface area contributed by atoms with Crippen molar-refractivity contribution in [2.24, 2.45) is 28.8 Å². The Morgan fingerprint density at radius 1 is 0.955 bits per heavy atom. The standard InChI is InChI=1S/C54H70FN3O8/c1-5-31-63-54-48(58(36-39-21-24-41(55)25-22-39)49(61)28-23-37-15-9-10-16-37)34-46(57-66-53(2,3)4)44-32-40(19-11-13-29-59)43(20-12-14-30-60)50(51(44)54)45-33-42(26-27-47(45)65-54)64-52(62)56-35-38-17-7-6-8-18-38/h5-8,17-18,21-22,24-27,32-33,37,40,43,48,50-51,59-60H,1,9-16,19-20,23,28-31,34-36H2,2-4H3,(H,56,62). The lowest BCUT2D eigenvalue weighted by atomic mass is 9.55. The molecule has 11 nitrogen and oxygen atoms in total. The van der Waals surface area contributed by atoms with E-state index in [1.807, 2.05) is 68.1 Å². The van der Waals surface area contributed by atoms with Crippen molar-refractivity contribution < 1.29 is 43.2 Å². The SMILES string of the molecule is C=CCOC12Oc3ccc(OC(=O)NCc4ccccc4)cc3C3C(CCCCO)C(CCCCO)C=C(C(=NOC(C)(C)C)CC1N(Cc1ccc(F)cc1)C(=O)CCC1CCCC1)C32. The van der Waals surface area contributed by atoms with Crippen molar-refractivity contribution in [1.82, 2.24) is 10.2 Å². The van der Waals surface area contributed by atoms with Crippen LogP contribution >= 0.6 is 0 Å². The van der Waals surface area contributed by atoms with Crippen LogP contribution < -0.4 is 14.8 Å². The van der Waals surface area contributed by atoms with Crippen LogP contribution in [0.4, 0.5) is 9.18 Å². The number of benzene rings is 3. The van der Waals surface area contributed by atoms with Crippen molar-refractivity contribution in [2.45, 2.75) is 141 Å². The Labute approximate surface area is 390 Å². The normalized spacial score (nSPS) is 24.1. The van der Waals surface area contributed by atoms with E-state index in [-0.39, 0.29) is 62.3 Å². The Kier molecular flexibility index (Phi) is 16.8. The molecule has 12 heteroatoms. The van der Waals surface area contributed by atoms with E-state index in [2.05, 4.69) is 18.0 Å². The van der Waals surface area contributed by atoms with E-state index in [1.165, 1.54) is 25.0 Å². The van der Waals surface area contributed by atoms with Crippen LogP contribution in [0.3, 0.4) is 0 Å². The Hall–Kier alpha value is -5.04. The Morgan fingerprint density at radius 2 is 1.68 bits per heavy atom.